The molecule has 0 unspecified atom stereocenters. The Morgan fingerprint density at radius 2 is 1.32 bits per heavy atom. The summed E-state index contributed by atoms with van der Waals surface area (Å²) in [5, 5.41) is 9.47. The van der Waals surface area contributed by atoms with Crippen LogP contribution in [0.25, 0.3) is 49.7 Å². The first kappa shape index (κ1) is 25.5. The highest BCUT2D eigenvalue weighted by molar-refractivity contribution is 8.31. The van der Waals surface area contributed by atoms with E-state index in [-0.39, 0.29) is 5.92 Å². The van der Waals surface area contributed by atoms with Crippen molar-refractivity contribution in [2.24, 2.45) is 5.14 Å². The summed E-state index contributed by atoms with van der Waals surface area (Å²) in [5.74, 6) is 0.174. The quantitative estimate of drug-likeness (QED) is 0.210. The number of nitrogens with zero attached hydrogens (tertiary/aromatic N) is 1. The van der Waals surface area contributed by atoms with Gasteiger partial charge in [-0.2, -0.15) is 10.2 Å². The average molecular weight is 552 g/mol. The molecule has 7 rings (SSSR count). The van der Waals surface area contributed by atoms with Crippen LogP contribution in [0.1, 0.15) is 11.5 Å². The number of hydrogen-bond acceptors (Lipinski definition) is 2. The van der Waals surface area contributed by atoms with E-state index in [0.29, 0.717) is 0 Å². The fraction of sp³-hybridized carbons (Fsp3) is 0.0811. The molecule has 0 bridgehead atoms. The molecule has 4 N–H and O–H groups in total. The standard InChI is InChI=1S/C37H33N3S/c1-41(2,39)37-31(25-12-6-7-13-25)23-27(24-33(37)29-16-8-10-18-34(29)38)26-20-21-36-32(22-26)30-17-9-11-19-35(30)40(36)28-14-4-3-5-15-28/h3-25H,38-39H2,1-2H3. The van der Waals surface area contributed by atoms with Gasteiger partial charge in [-0.3, -0.25) is 5.14 Å². The van der Waals surface area contributed by atoms with Crippen molar-refractivity contribution in [2.45, 2.75) is 10.8 Å². The fourth-order valence-corrected chi connectivity index (χ4v) is 7.78. The number of rotatable bonds is 5. The van der Waals surface area contributed by atoms with Crippen LogP contribution >= 0.6 is 10.2 Å². The molecular weight excluding hydrogens is 518 g/mol. The molecule has 41 heavy (non-hydrogen) atoms. The van der Waals surface area contributed by atoms with Gasteiger partial charge in [-0.25, -0.2) is 0 Å². The molecule has 0 aliphatic heterocycles. The van der Waals surface area contributed by atoms with Crippen molar-refractivity contribution in [1.29, 1.82) is 0 Å². The van der Waals surface area contributed by atoms with E-state index in [0.717, 1.165) is 28.1 Å². The highest BCUT2D eigenvalue weighted by Crippen LogP contribution is 2.53. The SMILES string of the molecule is CS(C)(N)c1c(-c2ccccc2N)cc(-c2ccc3c(c2)c2ccccc2n3-c2ccccc2)cc1C1C=CC=C1. The second-order valence-corrected chi connectivity index (χ2v) is 14.4. The zero-order chi connectivity index (χ0) is 28.1. The molecule has 1 aliphatic carbocycles. The summed E-state index contributed by atoms with van der Waals surface area (Å²) >= 11 is 0. The highest BCUT2D eigenvalue weighted by Gasteiger charge is 2.26. The van der Waals surface area contributed by atoms with E-state index in [1.54, 1.807) is 0 Å². The van der Waals surface area contributed by atoms with Gasteiger partial charge in [0, 0.05) is 38.5 Å². The lowest BCUT2D eigenvalue weighted by Crippen LogP contribution is -2.13. The molecule has 0 radical (unpaired) electrons. The van der Waals surface area contributed by atoms with E-state index in [1.165, 1.54) is 37.8 Å². The third kappa shape index (κ3) is 4.37. The first-order valence-corrected chi connectivity index (χ1v) is 16.4. The zero-order valence-electron chi connectivity index (χ0n) is 23.3. The van der Waals surface area contributed by atoms with Gasteiger partial charge in [0.2, 0.25) is 0 Å². The van der Waals surface area contributed by atoms with Gasteiger partial charge in [0.25, 0.3) is 0 Å². The molecule has 0 saturated heterocycles. The van der Waals surface area contributed by atoms with Gasteiger partial charge in [0.1, 0.15) is 0 Å². The molecule has 0 amide bonds. The molecule has 0 spiro atoms. The van der Waals surface area contributed by atoms with Crippen molar-refractivity contribution < 1.29 is 0 Å². The second-order valence-electron chi connectivity index (χ2n) is 11.2. The normalized spacial score (nSPS) is 13.9. The summed E-state index contributed by atoms with van der Waals surface area (Å²) in [6.45, 7) is 0. The van der Waals surface area contributed by atoms with Crippen LogP contribution in [0, 0.1) is 0 Å². The van der Waals surface area contributed by atoms with E-state index in [9.17, 15) is 0 Å². The second kappa shape index (κ2) is 9.84. The molecule has 6 aromatic rings. The predicted molar refractivity (Wildman–Crippen MR) is 179 cm³/mol. The molecule has 4 heteroatoms. The summed E-state index contributed by atoms with van der Waals surface area (Å²) in [6, 6.07) is 38.9. The number of fused-ring (bicyclic) bond motifs is 3. The minimum Gasteiger partial charge on any atom is -0.398 e. The number of aromatic nitrogens is 1. The molecule has 1 heterocycles. The molecule has 0 fully saturated rings. The van der Waals surface area contributed by atoms with Crippen LogP contribution in [0.4, 0.5) is 5.69 Å². The van der Waals surface area contributed by atoms with Crippen molar-refractivity contribution in [3.05, 3.63) is 139 Å². The maximum Gasteiger partial charge on any atom is 0.0541 e. The Morgan fingerprint density at radius 1 is 0.634 bits per heavy atom. The number of anilines is 1. The Morgan fingerprint density at radius 3 is 2.07 bits per heavy atom. The molecule has 0 saturated carbocycles. The van der Waals surface area contributed by atoms with Gasteiger partial charge in [0.05, 0.1) is 11.0 Å². The van der Waals surface area contributed by atoms with Crippen molar-refractivity contribution in [3.63, 3.8) is 0 Å². The van der Waals surface area contributed by atoms with Gasteiger partial charge >= 0.3 is 0 Å². The van der Waals surface area contributed by atoms with Crippen molar-refractivity contribution in [1.82, 2.24) is 4.57 Å². The number of nitrogen functional groups attached to an aromatic ring is 1. The predicted octanol–water partition coefficient (Wildman–Crippen LogP) is 9.21. The molecule has 5 aromatic carbocycles. The van der Waals surface area contributed by atoms with Crippen LogP contribution in [0.15, 0.2) is 138 Å². The third-order valence-corrected chi connectivity index (χ3v) is 9.53. The smallest absolute Gasteiger partial charge is 0.0541 e. The Balaban J connectivity index is 1.52. The third-order valence-electron chi connectivity index (χ3n) is 8.02. The summed E-state index contributed by atoms with van der Waals surface area (Å²) in [6.07, 6.45) is 13.1. The summed E-state index contributed by atoms with van der Waals surface area (Å²) in [5.41, 5.74) is 16.7. The molecule has 0 atom stereocenters. The highest BCUT2D eigenvalue weighted by atomic mass is 32.3. The van der Waals surface area contributed by atoms with Crippen LogP contribution in [0.2, 0.25) is 0 Å². The maximum atomic E-state index is 6.99. The number of para-hydroxylation sites is 3. The number of benzene rings is 5. The monoisotopic (exact) mass is 551 g/mol. The maximum absolute atomic E-state index is 6.99. The fourth-order valence-electron chi connectivity index (χ4n) is 6.24. The van der Waals surface area contributed by atoms with Gasteiger partial charge < -0.3 is 10.3 Å². The Hall–Kier alpha value is -4.51. The van der Waals surface area contributed by atoms with Gasteiger partial charge in [0.15, 0.2) is 0 Å². The van der Waals surface area contributed by atoms with Crippen LogP contribution in [-0.4, -0.2) is 17.1 Å². The summed E-state index contributed by atoms with van der Waals surface area (Å²) in [7, 11) is -1.58. The lowest BCUT2D eigenvalue weighted by atomic mass is 9.90. The number of hydrogen-bond donors (Lipinski definition) is 2. The van der Waals surface area contributed by atoms with Crippen LogP contribution in [0.3, 0.4) is 0 Å². The van der Waals surface area contributed by atoms with E-state index >= 15 is 0 Å². The van der Waals surface area contributed by atoms with Crippen molar-refractivity contribution >= 4 is 37.7 Å². The Labute approximate surface area is 242 Å². The minimum absolute atomic E-state index is 0.174. The van der Waals surface area contributed by atoms with E-state index in [2.05, 4.69) is 138 Å². The van der Waals surface area contributed by atoms with E-state index in [4.69, 9.17) is 10.9 Å². The number of allylic oxidation sites excluding steroid dienone is 4. The van der Waals surface area contributed by atoms with Crippen molar-refractivity contribution in [2.75, 3.05) is 18.2 Å². The average Bonchev–Trinajstić information content (AvgIpc) is 3.63. The first-order chi connectivity index (χ1) is 19.9. The molecule has 1 aliphatic rings. The zero-order valence-corrected chi connectivity index (χ0v) is 24.1. The Bertz CT molecular complexity index is 1980. The Kier molecular flexibility index (Phi) is 6.11. The topological polar surface area (TPSA) is 57.0 Å². The van der Waals surface area contributed by atoms with Crippen molar-refractivity contribution in [3.8, 4) is 27.9 Å². The molecular formula is C37H33N3S. The van der Waals surface area contributed by atoms with Gasteiger partial charge in [-0.05, 0) is 83.3 Å². The van der Waals surface area contributed by atoms with Crippen LogP contribution in [-0.2, 0) is 0 Å². The minimum atomic E-state index is -1.58. The lowest BCUT2D eigenvalue weighted by molar-refractivity contribution is 1.05. The molecule has 202 valence electrons. The molecule has 1 aromatic heterocycles. The summed E-state index contributed by atoms with van der Waals surface area (Å²) < 4.78 is 2.35. The van der Waals surface area contributed by atoms with Gasteiger partial charge in [-0.15, -0.1) is 0 Å². The largest absolute Gasteiger partial charge is 0.398 e. The summed E-state index contributed by atoms with van der Waals surface area (Å²) in [4.78, 5) is 1.21. The van der Waals surface area contributed by atoms with Crippen LogP contribution < -0.4 is 10.9 Å². The number of nitrogens with two attached hydrogens (primary N) is 2. The lowest BCUT2D eigenvalue weighted by Gasteiger charge is -2.33. The first-order valence-electron chi connectivity index (χ1n) is 13.9. The molecule has 3 nitrogen and oxygen atoms in total. The van der Waals surface area contributed by atoms with Crippen LogP contribution in [0.5, 0.6) is 0 Å². The van der Waals surface area contributed by atoms with E-state index < -0.39 is 10.2 Å². The van der Waals surface area contributed by atoms with Gasteiger partial charge in [-0.1, -0.05) is 85.0 Å². The van der Waals surface area contributed by atoms with E-state index in [1.807, 2.05) is 12.1 Å².